The molecule has 0 fully saturated rings. The van der Waals surface area contributed by atoms with E-state index in [1.54, 1.807) is 0 Å². The predicted molar refractivity (Wildman–Crippen MR) is 132 cm³/mol. The Labute approximate surface area is 184 Å². The summed E-state index contributed by atoms with van der Waals surface area (Å²) in [5.74, 6) is 0. The van der Waals surface area contributed by atoms with Crippen molar-refractivity contribution < 1.29 is 0 Å². The molecule has 0 atom stereocenters. The van der Waals surface area contributed by atoms with Crippen molar-refractivity contribution in [1.82, 2.24) is 15.2 Å². The summed E-state index contributed by atoms with van der Waals surface area (Å²) < 4.78 is 0. The van der Waals surface area contributed by atoms with Gasteiger partial charge in [-0.05, 0) is 68.2 Å². The third-order valence-electron chi connectivity index (χ3n) is 5.80. The van der Waals surface area contributed by atoms with E-state index < -0.39 is 0 Å². The van der Waals surface area contributed by atoms with Crippen molar-refractivity contribution in [3.8, 4) is 0 Å². The van der Waals surface area contributed by atoms with Crippen LogP contribution in [-0.4, -0.2) is 40.7 Å². The largest absolute Gasteiger partial charge is 0.362 e. The monoisotopic (exact) mass is 418 g/mol. The predicted octanol–water partition coefficient (Wildman–Crippen LogP) is 5.19. The van der Waals surface area contributed by atoms with Gasteiger partial charge in [0, 0.05) is 54.0 Å². The van der Waals surface area contributed by atoms with Crippen molar-refractivity contribution in [2.24, 2.45) is 0 Å². The highest BCUT2D eigenvalue weighted by atomic mass is 32.1. The van der Waals surface area contributed by atoms with Crippen LogP contribution in [0.2, 0.25) is 0 Å². The first-order valence-corrected chi connectivity index (χ1v) is 11.1. The van der Waals surface area contributed by atoms with Gasteiger partial charge in [-0.15, -0.1) is 0 Å². The number of nitrogens with one attached hydrogen (secondary N) is 3. The molecule has 4 nitrogen and oxygen atoms in total. The maximum atomic E-state index is 5.50. The molecule has 4 rings (SSSR count). The summed E-state index contributed by atoms with van der Waals surface area (Å²) in [4.78, 5) is 5.93. The van der Waals surface area contributed by atoms with Crippen LogP contribution in [0.3, 0.4) is 0 Å². The van der Waals surface area contributed by atoms with Crippen LogP contribution in [0.25, 0.3) is 16.5 Å². The highest BCUT2D eigenvalue weighted by molar-refractivity contribution is 7.80. The van der Waals surface area contributed by atoms with Gasteiger partial charge in [0.2, 0.25) is 0 Å². The van der Waals surface area contributed by atoms with Crippen LogP contribution in [-0.2, 0) is 6.42 Å². The van der Waals surface area contributed by atoms with Crippen molar-refractivity contribution >= 4 is 39.5 Å². The second-order valence-electron chi connectivity index (χ2n) is 8.15. The van der Waals surface area contributed by atoms with Crippen LogP contribution in [0.15, 0.2) is 60.8 Å². The molecule has 0 spiro atoms. The second-order valence-corrected chi connectivity index (χ2v) is 8.56. The quantitative estimate of drug-likeness (QED) is 0.482. The van der Waals surface area contributed by atoms with E-state index >= 15 is 0 Å². The Hall–Kier alpha value is -2.63. The zero-order valence-corrected chi connectivity index (χ0v) is 18.6. The fraction of sp³-hybridized carbons (Fsp3) is 0.320. The van der Waals surface area contributed by atoms with Crippen molar-refractivity contribution in [2.45, 2.75) is 32.7 Å². The van der Waals surface area contributed by atoms with Gasteiger partial charge in [0.15, 0.2) is 5.11 Å². The minimum absolute atomic E-state index is 0.594. The van der Waals surface area contributed by atoms with E-state index in [0.717, 1.165) is 43.7 Å². The number of fused-ring (bicyclic) bond motifs is 1. The average Bonchev–Trinajstić information content (AvgIpc) is 3.18. The first kappa shape index (κ1) is 20.6. The van der Waals surface area contributed by atoms with Gasteiger partial charge in [0.25, 0.3) is 0 Å². The van der Waals surface area contributed by atoms with Gasteiger partial charge in [-0.1, -0.05) is 36.4 Å². The summed E-state index contributed by atoms with van der Waals surface area (Å²) in [6, 6.07) is 17.4. The van der Waals surface area contributed by atoms with Crippen molar-refractivity contribution in [2.75, 3.05) is 25.0 Å². The molecular weight excluding hydrogens is 388 g/mol. The molecule has 5 heteroatoms. The number of hydrogen-bond acceptors (Lipinski definition) is 2. The molecule has 0 saturated carbocycles. The van der Waals surface area contributed by atoms with E-state index in [-0.39, 0.29) is 0 Å². The van der Waals surface area contributed by atoms with Crippen LogP contribution in [0.1, 0.15) is 31.4 Å². The summed E-state index contributed by atoms with van der Waals surface area (Å²) in [7, 11) is 0. The van der Waals surface area contributed by atoms with Gasteiger partial charge in [-0.3, -0.25) is 4.90 Å². The van der Waals surface area contributed by atoms with Crippen molar-refractivity contribution in [1.29, 1.82) is 0 Å². The van der Waals surface area contributed by atoms with Gasteiger partial charge >= 0.3 is 0 Å². The maximum Gasteiger partial charge on any atom is 0.170 e. The number of nitrogens with zero attached hydrogens (tertiary/aromatic N) is 1. The summed E-state index contributed by atoms with van der Waals surface area (Å²) in [5.41, 5.74) is 6.22. The lowest BCUT2D eigenvalue weighted by molar-refractivity contribution is 0.245. The lowest BCUT2D eigenvalue weighted by atomic mass is 9.98. The molecule has 0 radical (unpaired) electrons. The zero-order chi connectivity index (χ0) is 20.9. The Balaban J connectivity index is 1.40. The standard InChI is InChI=1S/C25H30N4S/c1-18(2)29-14-11-20(12-15-29)23-17-27-24-9-8-21(16-22(23)24)28-25(30)26-13-10-19-6-4-3-5-7-19/h3-9,11,16-18,27H,10,12-15H2,1-2H3,(H2,26,28,30). The highest BCUT2D eigenvalue weighted by Gasteiger charge is 2.17. The molecule has 0 saturated heterocycles. The molecule has 0 bridgehead atoms. The number of anilines is 1. The zero-order valence-electron chi connectivity index (χ0n) is 17.7. The van der Waals surface area contributed by atoms with Crippen LogP contribution in [0.5, 0.6) is 0 Å². The summed E-state index contributed by atoms with van der Waals surface area (Å²) >= 11 is 5.50. The number of aromatic amines is 1. The molecule has 1 aliphatic rings. The maximum absolute atomic E-state index is 5.50. The van der Waals surface area contributed by atoms with Gasteiger partial charge in [0.05, 0.1) is 0 Å². The summed E-state index contributed by atoms with van der Waals surface area (Å²) in [6.07, 6.45) is 6.55. The molecule has 3 aromatic rings. The Kier molecular flexibility index (Phi) is 6.50. The molecule has 0 amide bonds. The van der Waals surface area contributed by atoms with E-state index in [1.165, 1.54) is 22.1 Å². The van der Waals surface area contributed by atoms with Crippen molar-refractivity contribution in [3.63, 3.8) is 0 Å². The number of benzene rings is 2. The van der Waals surface area contributed by atoms with Crippen LogP contribution < -0.4 is 10.6 Å². The SMILES string of the molecule is CC(C)N1CC=C(c2c[nH]c3ccc(NC(=S)NCCc4ccccc4)cc23)CC1. The van der Waals surface area contributed by atoms with Gasteiger partial charge in [-0.25, -0.2) is 0 Å². The molecule has 3 N–H and O–H groups in total. The molecule has 2 heterocycles. The second kappa shape index (κ2) is 9.45. The van der Waals surface area contributed by atoms with Crippen LogP contribution in [0, 0.1) is 0 Å². The van der Waals surface area contributed by atoms with Crippen LogP contribution >= 0.6 is 12.2 Å². The van der Waals surface area contributed by atoms with E-state index in [1.807, 2.05) is 6.07 Å². The third-order valence-corrected chi connectivity index (χ3v) is 6.04. The Bertz CT molecular complexity index is 1040. The van der Waals surface area contributed by atoms with E-state index in [2.05, 4.69) is 89.1 Å². The summed E-state index contributed by atoms with van der Waals surface area (Å²) in [5, 5.41) is 8.56. The minimum Gasteiger partial charge on any atom is -0.362 e. The topological polar surface area (TPSA) is 43.1 Å². The lowest BCUT2D eigenvalue weighted by Crippen LogP contribution is -2.34. The normalized spacial score (nSPS) is 14.7. The first-order valence-electron chi connectivity index (χ1n) is 10.7. The number of H-pyrrole nitrogens is 1. The molecule has 0 aliphatic carbocycles. The molecule has 0 unspecified atom stereocenters. The fourth-order valence-corrected chi connectivity index (χ4v) is 4.22. The third kappa shape index (κ3) is 4.91. The number of thiocarbonyl (C=S) groups is 1. The molecular formula is C25H30N4S. The molecule has 156 valence electrons. The average molecular weight is 419 g/mol. The van der Waals surface area contributed by atoms with Gasteiger partial charge < -0.3 is 15.6 Å². The minimum atomic E-state index is 0.594. The van der Waals surface area contributed by atoms with E-state index in [0.29, 0.717) is 11.2 Å². The smallest absolute Gasteiger partial charge is 0.170 e. The van der Waals surface area contributed by atoms with Crippen LogP contribution in [0.4, 0.5) is 5.69 Å². The molecule has 2 aromatic carbocycles. The first-order chi connectivity index (χ1) is 14.6. The number of rotatable bonds is 6. The Morgan fingerprint density at radius 1 is 1.17 bits per heavy atom. The fourth-order valence-electron chi connectivity index (χ4n) is 4.00. The number of aromatic nitrogens is 1. The Morgan fingerprint density at radius 3 is 2.73 bits per heavy atom. The van der Waals surface area contributed by atoms with Gasteiger partial charge in [-0.2, -0.15) is 0 Å². The lowest BCUT2D eigenvalue weighted by Gasteiger charge is -2.29. The molecule has 1 aliphatic heterocycles. The van der Waals surface area contributed by atoms with E-state index in [4.69, 9.17) is 12.2 Å². The van der Waals surface area contributed by atoms with Crippen molar-refractivity contribution in [3.05, 3.63) is 71.9 Å². The van der Waals surface area contributed by atoms with E-state index in [9.17, 15) is 0 Å². The highest BCUT2D eigenvalue weighted by Crippen LogP contribution is 2.31. The Morgan fingerprint density at radius 2 is 2.00 bits per heavy atom. The molecule has 1 aromatic heterocycles. The number of hydrogen-bond donors (Lipinski definition) is 3. The van der Waals surface area contributed by atoms with Gasteiger partial charge in [0.1, 0.15) is 0 Å². The summed E-state index contributed by atoms with van der Waals surface area (Å²) in [6.45, 7) is 7.47. The molecule has 30 heavy (non-hydrogen) atoms.